The minimum absolute atomic E-state index is 0.0469. The molecule has 0 amide bonds. The Hall–Kier alpha value is -2.76. The second kappa shape index (κ2) is 5.92. The normalized spacial score (nSPS) is 12.5. The van der Waals surface area contributed by atoms with Crippen molar-refractivity contribution < 1.29 is 9.66 Å². The molecule has 0 saturated carbocycles. The Morgan fingerprint density at radius 1 is 1.25 bits per heavy atom. The lowest BCUT2D eigenvalue weighted by Gasteiger charge is -2.07. The molecular weight excluding hydrogens is 258 g/mol. The van der Waals surface area contributed by atoms with Crippen LogP contribution in [0.4, 0.5) is 0 Å². The fraction of sp³-hybridized carbons (Fsp3) is 0.143. The van der Waals surface area contributed by atoms with E-state index in [1.54, 1.807) is 37.5 Å². The number of hydrogen-bond donors (Lipinski definition) is 0. The lowest BCUT2D eigenvalue weighted by molar-refractivity contribution is -0.424. The summed E-state index contributed by atoms with van der Waals surface area (Å²) in [4.78, 5) is 18.4. The van der Waals surface area contributed by atoms with E-state index in [2.05, 4.69) is 9.97 Å². The molecule has 2 aromatic heterocycles. The molecule has 102 valence electrons. The molecule has 0 radical (unpaired) electrons. The first-order valence-electron chi connectivity index (χ1n) is 5.95. The molecule has 6 heteroatoms. The second-order valence-electron chi connectivity index (χ2n) is 4.12. The van der Waals surface area contributed by atoms with E-state index in [0.29, 0.717) is 17.0 Å². The van der Waals surface area contributed by atoms with Gasteiger partial charge in [0.15, 0.2) is 5.75 Å². The van der Waals surface area contributed by atoms with Crippen LogP contribution >= 0.6 is 0 Å². The van der Waals surface area contributed by atoms with Gasteiger partial charge in [-0.3, -0.25) is 20.1 Å². The molecule has 0 aliphatic heterocycles. The summed E-state index contributed by atoms with van der Waals surface area (Å²) < 4.78 is 5.65. The van der Waals surface area contributed by atoms with Crippen molar-refractivity contribution in [3.8, 4) is 5.75 Å². The maximum absolute atomic E-state index is 10.5. The van der Waals surface area contributed by atoms with Gasteiger partial charge in [0, 0.05) is 31.5 Å². The van der Waals surface area contributed by atoms with Crippen LogP contribution in [0.5, 0.6) is 5.75 Å². The van der Waals surface area contributed by atoms with Crippen molar-refractivity contribution in [3.05, 3.63) is 64.3 Å². The summed E-state index contributed by atoms with van der Waals surface area (Å²) in [6, 6.07) is 5.34. The zero-order chi connectivity index (χ0) is 14.5. The molecule has 2 aromatic rings. The van der Waals surface area contributed by atoms with Crippen LogP contribution in [0, 0.1) is 10.1 Å². The van der Waals surface area contributed by atoms with Crippen molar-refractivity contribution in [3.63, 3.8) is 0 Å². The van der Waals surface area contributed by atoms with E-state index in [1.165, 1.54) is 13.0 Å². The average Bonchev–Trinajstić information content (AvgIpc) is 2.45. The number of allylic oxidation sites excluding steroid dienone is 4. The third-order valence-corrected chi connectivity index (χ3v) is 2.58. The molecule has 0 N–H and O–H groups in total. The van der Waals surface area contributed by atoms with Crippen LogP contribution in [0.15, 0.2) is 54.2 Å². The Labute approximate surface area is 115 Å². The lowest BCUT2D eigenvalue weighted by atomic mass is 10.3. The molecule has 0 saturated heterocycles. The third-order valence-electron chi connectivity index (χ3n) is 2.58. The number of aromatic nitrogens is 2. The molecule has 0 atom stereocenters. The summed E-state index contributed by atoms with van der Waals surface area (Å²) in [6.45, 7) is 3.14. The maximum atomic E-state index is 10.5. The summed E-state index contributed by atoms with van der Waals surface area (Å²) in [7, 11) is 0. The minimum Gasteiger partial charge on any atom is -0.460 e. The zero-order valence-electron chi connectivity index (χ0n) is 11.1. The number of pyridine rings is 2. The first-order chi connectivity index (χ1) is 9.58. The van der Waals surface area contributed by atoms with Crippen LogP contribution in [0.25, 0.3) is 11.0 Å². The molecule has 0 aliphatic carbocycles. The minimum atomic E-state index is -0.451. The predicted molar refractivity (Wildman–Crippen MR) is 74.7 cm³/mol. The van der Waals surface area contributed by atoms with Crippen LogP contribution in [0.3, 0.4) is 0 Å². The zero-order valence-corrected chi connectivity index (χ0v) is 11.1. The van der Waals surface area contributed by atoms with Gasteiger partial charge in [-0.1, -0.05) is 0 Å². The van der Waals surface area contributed by atoms with Gasteiger partial charge < -0.3 is 4.74 Å². The van der Waals surface area contributed by atoms with Crippen molar-refractivity contribution in [1.82, 2.24) is 9.97 Å². The van der Waals surface area contributed by atoms with Crippen LogP contribution in [-0.4, -0.2) is 14.9 Å². The number of nitrogens with zero attached hydrogens (tertiary/aromatic N) is 3. The smallest absolute Gasteiger partial charge is 0.243 e. The van der Waals surface area contributed by atoms with Gasteiger partial charge in [0.05, 0.1) is 10.4 Å². The summed E-state index contributed by atoms with van der Waals surface area (Å²) in [6.07, 6.45) is 6.23. The molecule has 20 heavy (non-hydrogen) atoms. The molecule has 0 aromatic carbocycles. The Kier molecular flexibility index (Phi) is 4.05. The summed E-state index contributed by atoms with van der Waals surface area (Å²) >= 11 is 0. The fourth-order valence-corrected chi connectivity index (χ4v) is 1.54. The highest BCUT2D eigenvalue weighted by Crippen LogP contribution is 2.22. The monoisotopic (exact) mass is 271 g/mol. The number of hydrogen-bond acceptors (Lipinski definition) is 5. The largest absolute Gasteiger partial charge is 0.460 e. The Morgan fingerprint density at radius 3 is 2.80 bits per heavy atom. The van der Waals surface area contributed by atoms with Gasteiger partial charge in [0.2, 0.25) is 5.70 Å². The van der Waals surface area contributed by atoms with E-state index in [-0.39, 0.29) is 5.70 Å². The molecule has 0 fully saturated rings. The number of ether oxygens (including phenoxy) is 1. The molecule has 0 unspecified atom stereocenters. The number of nitro groups is 1. The highest BCUT2D eigenvalue weighted by Gasteiger charge is 2.05. The van der Waals surface area contributed by atoms with E-state index in [1.807, 2.05) is 6.07 Å². The molecular formula is C14H13N3O3. The predicted octanol–water partition coefficient (Wildman–Crippen LogP) is 3.09. The number of fused-ring (bicyclic) bond motifs is 1. The summed E-state index contributed by atoms with van der Waals surface area (Å²) in [5, 5.41) is 10.5. The molecule has 2 heterocycles. The van der Waals surface area contributed by atoms with Gasteiger partial charge in [0.25, 0.3) is 0 Å². The van der Waals surface area contributed by atoms with E-state index in [4.69, 9.17) is 4.74 Å². The van der Waals surface area contributed by atoms with E-state index in [9.17, 15) is 10.1 Å². The standard InChI is InChI=1S/C14H13N3O3/c1-10(17(18)19)5-6-11(2)20-13-7-9-15-12-4-3-8-16-14(12)13/h3-9H,1-2H3/b10-5+,11-6+. The first-order valence-corrected chi connectivity index (χ1v) is 5.95. The van der Waals surface area contributed by atoms with E-state index in [0.717, 1.165) is 5.52 Å². The maximum Gasteiger partial charge on any atom is 0.243 e. The van der Waals surface area contributed by atoms with Crippen molar-refractivity contribution in [1.29, 1.82) is 0 Å². The second-order valence-corrected chi connectivity index (χ2v) is 4.12. The highest BCUT2D eigenvalue weighted by molar-refractivity contribution is 5.80. The van der Waals surface area contributed by atoms with Crippen molar-refractivity contribution in [2.75, 3.05) is 0 Å². The van der Waals surface area contributed by atoms with Crippen molar-refractivity contribution in [2.24, 2.45) is 0 Å². The van der Waals surface area contributed by atoms with E-state index >= 15 is 0 Å². The summed E-state index contributed by atoms with van der Waals surface area (Å²) in [5.74, 6) is 1.10. The van der Waals surface area contributed by atoms with Crippen molar-refractivity contribution >= 4 is 11.0 Å². The Morgan fingerprint density at radius 2 is 2.05 bits per heavy atom. The molecule has 6 nitrogen and oxygen atoms in total. The molecule has 0 aliphatic rings. The molecule has 0 spiro atoms. The Balaban J connectivity index is 2.26. The van der Waals surface area contributed by atoms with Gasteiger partial charge in [-0.2, -0.15) is 0 Å². The molecule has 0 bridgehead atoms. The van der Waals surface area contributed by atoms with Crippen LogP contribution in [-0.2, 0) is 0 Å². The van der Waals surface area contributed by atoms with Gasteiger partial charge in [-0.25, -0.2) is 0 Å². The van der Waals surface area contributed by atoms with Crippen LogP contribution in [0.2, 0.25) is 0 Å². The highest BCUT2D eigenvalue weighted by atomic mass is 16.6. The SMILES string of the molecule is C/C(=C\C=C(/C)[N+](=O)[O-])Oc1ccnc2cccnc12. The van der Waals surface area contributed by atoms with E-state index < -0.39 is 4.92 Å². The molecule has 2 rings (SSSR count). The van der Waals surface area contributed by atoms with Crippen LogP contribution in [0.1, 0.15) is 13.8 Å². The quantitative estimate of drug-likeness (QED) is 0.369. The third kappa shape index (κ3) is 3.17. The summed E-state index contributed by atoms with van der Waals surface area (Å²) in [5.41, 5.74) is 1.43. The van der Waals surface area contributed by atoms with Crippen molar-refractivity contribution in [2.45, 2.75) is 13.8 Å². The Bertz CT molecular complexity index is 702. The van der Waals surface area contributed by atoms with Crippen LogP contribution < -0.4 is 4.74 Å². The first kappa shape index (κ1) is 13.7. The van der Waals surface area contributed by atoms with Gasteiger partial charge in [0.1, 0.15) is 11.3 Å². The number of rotatable bonds is 4. The van der Waals surface area contributed by atoms with Gasteiger partial charge >= 0.3 is 0 Å². The van der Waals surface area contributed by atoms with Gasteiger partial charge in [-0.05, 0) is 25.1 Å². The lowest BCUT2D eigenvalue weighted by Crippen LogP contribution is -1.95. The van der Waals surface area contributed by atoms with Gasteiger partial charge in [-0.15, -0.1) is 0 Å². The fourth-order valence-electron chi connectivity index (χ4n) is 1.54. The average molecular weight is 271 g/mol. The topological polar surface area (TPSA) is 78.2 Å².